The van der Waals surface area contributed by atoms with Gasteiger partial charge in [0, 0.05) is 24.0 Å². The fourth-order valence-electron chi connectivity index (χ4n) is 6.02. The highest BCUT2D eigenvalue weighted by atomic mass is 16.2. The van der Waals surface area contributed by atoms with Crippen LogP contribution in [-0.4, -0.2) is 29.4 Å². The number of amides is 2. The molecule has 0 aliphatic heterocycles. The Labute approximate surface area is 154 Å². The van der Waals surface area contributed by atoms with E-state index < -0.39 is 6.04 Å². The van der Waals surface area contributed by atoms with Gasteiger partial charge in [-0.05, 0) is 76.0 Å². The molecule has 1 unspecified atom stereocenters. The average molecular weight is 359 g/mol. The zero-order valence-corrected chi connectivity index (χ0v) is 15.6. The first-order valence-electron chi connectivity index (χ1n) is 10.1. The monoisotopic (exact) mass is 359 g/mol. The van der Waals surface area contributed by atoms with Gasteiger partial charge in [-0.25, -0.2) is 5.43 Å². The number of hydrazone groups is 1. The van der Waals surface area contributed by atoms with E-state index in [2.05, 4.69) is 15.8 Å². The number of nitrogens with zero attached hydrogens (tertiary/aromatic N) is 1. The fraction of sp³-hybridized carbons (Fsp3) is 0.800. The van der Waals surface area contributed by atoms with E-state index in [0.717, 1.165) is 37.8 Å². The largest absolute Gasteiger partial charge is 0.344 e. The molecule has 4 bridgehead atoms. The van der Waals surface area contributed by atoms with Crippen LogP contribution in [0.5, 0.6) is 0 Å². The van der Waals surface area contributed by atoms with Crippen molar-refractivity contribution in [3.8, 4) is 0 Å². The predicted molar refractivity (Wildman–Crippen MR) is 97.3 cm³/mol. The number of rotatable bonds is 4. The van der Waals surface area contributed by atoms with Crippen LogP contribution in [0.25, 0.3) is 0 Å². The molecule has 5 aliphatic carbocycles. The number of ketones is 1. The Bertz CT molecular complexity index is 619. The third kappa shape index (κ3) is 3.42. The number of carbonyl (C=O) groups is 3. The number of nitrogens with one attached hydrogen (secondary N) is 2. The Morgan fingerprint density at radius 3 is 2.27 bits per heavy atom. The Morgan fingerprint density at radius 2 is 1.69 bits per heavy atom. The molecular formula is C20H29N3O3. The van der Waals surface area contributed by atoms with Gasteiger partial charge < -0.3 is 5.32 Å². The van der Waals surface area contributed by atoms with E-state index in [0.29, 0.717) is 30.6 Å². The van der Waals surface area contributed by atoms with Crippen LogP contribution in [0.3, 0.4) is 0 Å². The number of Topliss-reactive ketones (excluding diaryl/α,β-unsaturated/α-hetero) is 1. The van der Waals surface area contributed by atoms with Crippen molar-refractivity contribution in [2.24, 2.45) is 28.3 Å². The quantitative estimate of drug-likeness (QED) is 0.755. The average Bonchev–Trinajstić information content (AvgIpc) is 2.58. The summed E-state index contributed by atoms with van der Waals surface area (Å²) in [7, 11) is 0. The summed E-state index contributed by atoms with van der Waals surface area (Å²) >= 11 is 0. The Morgan fingerprint density at radius 1 is 1.08 bits per heavy atom. The topological polar surface area (TPSA) is 87.6 Å². The predicted octanol–water partition coefficient (Wildman–Crippen LogP) is 2.32. The van der Waals surface area contributed by atoms with Gasteiger partial charge in [-0.3, -0.25) is 14.4 Å². The van der Waals surface area contributed by atoms with Crippen LogP contribution in [0, 0.1) is 23.2 Å². The molecule has 5 fully saturated rings. The molecule has 6 heteroatoms. The summed E-state index contributed by atoms with van der Waals surface area (Å²) < 4.78 is 0. The van der Waals surface area contributed by atoms with E-state index in [4.69, 9.17) is 0 Å². The summed E-state index contributed by atoms with van der Waals surface area (Å²) in [6.07, 6.45) is 9.32. The molecule has 0 aromatic heterocycles. The highest BCUT2D eigenvalue weighted by Crippen LogP contribution is 2.60. The standard InChI is InChI=1S/C20H29N3O3/c1-12(18(25)23-22-16-3-2-4-17(24)8-16)21-19(26)20-9-13-5-14(10-20)7-15(6-13)11-20/h12-15H,2-11H2,1H3,(H,21,26)(H,23,25). The van der Waals surface area contributed by atoms with Gasteiger partial charge in [-0.2, -0.15) is 5.10 Å². The van der Waals surface area contributed by atoms with Crippen molar-refractivity contribution >= 4 is 23.3 Å². The van der Waals surface area contributed by atoms with Crippen molar-refractivity contribution in [2.75, 3.05) is 0 Å². The van der Waals surface area contributed by atoms with Gasteiger partial charge in [0.05, 0.1) is 0 Å². The molecule has 142 valence electrons. The maximum Gasteiger partial charge on any atom is 0.262 e. The summed E-state index contributed by atoms with van der Waals surface area (Å²) in [5.74, 6) is 2.02. The lowest BCUT2D eigenvalue weighted by atomic mass is 9.49. The molecule has 0 heterocycles. The maximum absolute atomic E-state index is 13.0. The summed E-state index contributed by atoms with van der Waals surface area (Å²) in [6.45, 7) is 1.71. The van der Waals surface area contributed by atoms with Crippen LogP contribution in [-0.2, 0) is 14.4 Å². The van der Waals surface area contributed by atoms with Crippen molar-refractivity contribution < 1.29 is 14.4 Å². The SMILES string of the molecule is CC(NC(=O)C12CC3CC(CC(C3)C1)C2)C(=O)NN=C1CCCC(=O)C1. The molecule has 1 atom stereocenters. The summed E-state index contributed by atoms with van der Waals surface area (Å²) in [5, 5.41) is 7.05. The molecule has 26 heavy (non-hydrogen) atoms. The molecule has 6 nitrogen and oxygen atoms in total. The Kier molecular flexibility index (Phi) is 4.61. The van der Waals surface area contributed by atoms with Crippen LogP contribution in [0.2, 0.25) is 0 Å². The first kappa shape index (κ1) is 17.7. The lowest BCUT2D eigenvalue weighted by Crippen LogP contribution is -2.56. The third-order valence-electron chi connectivity index (χ3n) is 6.91. The number of hydrogen-bond acceptors (Lipinski definition) is 4. The van der Waals surface area contributed by atoms with Gasteiger partial charge >= 0.3 is 0 Å². The van der Waals surface area contributed by atoms with Crippen molar-refractivity contribution in [1.82, 2.24) is 10.7 Å². The molecule has 0 saturated heterocycles. The first-order chi connectivity index (χ1) is 12.4. The van der Waals surface area contributed by atoms with E-state index in [-0.39, 0.29) is 23.0 Å². The van der Waals surface area contributed by atoms with Crippen molar-refractivity contribution in [2.45, 2.75) is 77.2 Å². The minimum atomic E-state index is -0.612. The highest BCUT2D eigenvalue weighted by Gasteiger charge is 2.54. The lowest BCUT2D eigenvalue weighted by Gasteiger charge is -2.55. The van der Waals surface area contributed by atoms with Gasteiger partial charge in [0.25, 0.3) is 5.91 Å². The molecule has 0 spiro atoms. The minimum Gasteiger partial charge on any atom is -0.344 e. The van der Waals surface area contributed by atoms with Crippen molar-refractivity contribution in [1.29, 1.82) is 0 Å². The van der Waals surface area contributed by atoms with Crippen LogP contribution in [0.1, 0.15) is 71.1 Å². The molecule has 2 amide bonds. The van der Waals surface area contributed by atoms with Gasteiger partial charge in [0.15, 0.2) is 0 Å². The summed E-state index contributed by atoms with van der Waals surface area (Å²) in [5.41, 5.74) is 3.02. The molecule has 0 aromatic carbocycles. The molecule has 5 saturated carbocycles. The van der Waals surface area contributed by atoms with E-state index in [1.807, 2.05) is 0 Å². The van der Waals surface area contributed by atoms with Crippen LogP contribution in [0.4, 0.5) is 0 Å². The Balaban J connectivity index is 1.33. The van der Waals surface area contributed by atoms with Gasteiger partial charge in [0.2, 0.25) is 5.91 Å². The highest BCUT2D eigenvalue weighted by molar-refractivity contribution is 6.04. The fourth-order valence-corrected chi connectivity index (χ4v) is 6.02. The maximum atomic E-state index is 13.0. The smallest absolute Gasteiger partial charge is 0.262 e. The van der Waals surface area contributed by atoms with Crippen LogP contribution >= 0.6 is 0 Å². The molecule has 0 aromatic rings. The third-order valence-corrected chi connectivity index (χ3v) is 6.91. The Hall–Kier alpha value is -1.72. The zero-order chi connectivity index (χ0) is 18.3. The molecule has 0 radical (unpaired) electrons. The van der Waals surface area contributed by atoms with E-state index in [1.54, 1.807) is 6.92 Å². The summed E-state index contributed by atoms with van der Waals surface area (Å²) in [6, 6.07) is -0.612. The second-order valence-corrected chi connectivity index (χ2v) is 9.12. The zero-order valence-electron chi connectivity index (χ0n) is 15.6. The first-order valence-corrected chi connectivity index (χ1v) is 10.1. The lowest BCUT2D eigenvalue weighted by molar-refractivity contribution is -0.148. The molecular weight excluding hydrogens is 330 g/mol. The van der Waals surface area contributed by atoms with E-state index in [9.17, 15) is 14.4 Å². The van der Waals surface area contributed by atoms with Gasteiger partial charge in [0.1, 0.15) is 11.8 Å². The molecule has 2 N–H and O–H groups in total. The van der Waals surface area contributed by atoms with Crippen LogP contribution in [0.15, 0.2) is 5.10 Å². The van der Waals surface area contributed by atoms with E-state index >= 15 is 0 Å². The summed E-state index contributed by atoms with van der Waals surface area (Å²) in [4.78, 5) is 36.8. The minimum absolute atomic E-state index is 0.0553. The van der Waals surface area contributed by atoms with Crippen LogP contribution < -0.4 is 10.7 Å². The van der Waals surface area contributed by atoms with Gasteiger partial charge in [-0.15, -0.1) is 0 Å². The van der Waals surface area contributed by atoms with Crippen molar-refractivity contribution in [3.05, 3.63) is 0 Å². The van der Waals surface area contributed by atoms with E-state index in [1.165, 1.54) is 19.3 Å². The second-order valence-electron chi connectivity index (χ2n) is 9.12. The molecule has 5 rings (SSSR count). The normalized spacial score (nSPS) is 38.3. The molecule has 5 aliphatic rings. The van der Waals surface area contributed by atoms with Gasteiger partial charge in [-0.1, -0.05) is 0 Å². The number of hydrogen-bond donors (Lipinski definition) is 2. The second kappa shape index (κ2) is 6.78. The number of carbonyl (C=O) groups excluding carboxylic acids is 3. The van der Waals surface area contributed by atoms with Crippen molar-refractivity contribution in [3.63, 3.8) is 0 Å².